The van der Waals surface area contributed by atoms with Crippen LogP contribution in [-0.4, -0.2) is 60.6 Å². The zero-order valence-corrected chi connectivity index (χ0v) is 11.6. The van der Waals surface area contributed by atoms with Gasteiger partial charge in [-0.25, -0.2) is 0 Å². The number of likely N-dealkylation sites (N-methyl/N-ethyl adjacent to an activating group) is 1. The van der Waals surface area contributed by atoms with Crippen LogP contribution >= 0.6 is 0 Å². The summed E-state index contributed by atoms with van der Waals surface area (Å²) < 4.78 is 0. The van der Waals surface area contributed by atoms with Crippen LogP contribution in [0.5, 0.6) is 0 Å². The van der Waals surface area contributed by atoms with E-state index >= 15 is 0 Å². The van der Waals surface area contributed by atoms with E-state index in [1.54, 1.807) is 0 Å². The van der Waals surface area contributed by atoms with Gasteiger partial charge in [0.1, 0.15) is 0 Å². The van der Waals surface area contributed by atoms with E-state index in [0.29, 0.717) is 5.54 Å². The highest BCUT2D eigenvalue weighted by molar-refractivity contribution is 4.99. The molecule has 3 rings (SSSR count). The highest BCUT2D eigenvalue weighted by Crippen LogP contribution is 2.34. The summed E-state index contributed by atoms with van der Waals surface area (Å²) in [6, 6.07) is 1.69. The van der Waals surface area contributed by atoms with E-state index in [0.717, 1.165) is 18.0 Å². The zero-order valence-electron chi connectivity index (χ0n) is 11.6. The van der Waals surface area contributed by atoms with Crippen LogP contribution in [0.1, 0.15) is 33.1 Å². The maximum atomic E-state index is 3.76. The van der Waals surface area contributed by atoms with Gasteiger partial charge in [-0.1, -0.05) is 0 Å². The summed E-state index contributed by atoms with van der Waals surface area (Å²) in [6.45, 7) is 9.79. The molecule has 3 nitrogen and oxygen atoms in total. The molecule has 0 aromatic rings. The lowest BCUT2D eigenvalue weighted by Crippen LogP contribution is -2.58. The maximum absolute atomic E-state index is 3.76. The van der Waals surface area contributed by atoms with Gasteiger partial charge in [0.15, 0.2) is 0 Å². The van der Waals surface area contributed by atoms with E-state index in [-0.39, 0.29) is 0 Å². The smallest absolute Gasteiger partial charge is 0.0277 e. The van der Waals surface area contributed by atoms with Gasteiger partial charge in [0.05, 0.1) is 0 Å². The van der Waals surface area contributed by atoms with Gasteiger partial charge in [0, 0.05) is 43.8 Å². The number of fused-ring (bicyclic) bond motifs is 2. The van der Waals surface area contributed by atoms with Crippen molar-refractivity contribution in [3.05, 3.63) is 0 Å². The van der Waals surface area contributed by atoms with Crippen LogP contribution in [0.25, 0.3) is 0 Å². The number of hydrogen-bond acceptors (Lipinski definition) is 3. The largest absolute Gasteiger partial charge is 0.311 e. The van der Waals surface area contributed by atoms with Crippen molar-refractivity contribution in [1.29, 1.82) is 0 Å². The van der Waals surface area contributed by atoms with E-state index in [1.165, 1.54) is 45.4 Å². The van der Waals surface area contributed by atoms with Gasteiger partial charge in [0.2, 0.25) is 0 Å². The molecule has 2 bridgehead atoms. The Hall–Kier alpha value is -0.120. The van der Waals surface area contributed by atoms with Gasteiger partial charge < -0.3 is 5.32 Å². The minimum absolute atomic E-state index is 0.350. The second-order valence-electron chi connectivity index (χ2n) is 7.01. The first-order chi connectivity index (χ1) is 8.04. The topological polar surface area (TPSA) is 18.5 Å². The summed E-state index contributed by atoms with van der Waals surface area (Å²) in [5.41, 5.74) is 0.350. The van der Waals surface area contributed by atoms with Crippen molar-refractivity contribution in [2.24, 2.45) is 5.92 Å². The van der Waals surface area contributed by atoms with Gasteiger partial charge in [-0.3, -0.25) is 9.80 Å². The van der Waals surface area contributed by atoms with E-state index in [1.807, 2.05) is 0 Å². The average molecular weight is 237 g/mol. The molecule has 3 unspecified atom stereocenters. The predicted molar refractivity (Wildman–Crippen MR) is 71.2 cm³/mol. The highest BCUT2D eigenvalue weighted by atomic mass is 15.3. The van der Waals surface area contributed by atoms with Crippen LogP contribution in [0.3, 0.4) is 0 Å². The number of hydrogen-bond donors (Lipinski definition) is 1. The first-order valence-electron chi connectivity index (χ1n) is 7.24. The van der Waals surface area contributed by atoms with Crippen LogP contribution in [0.4, 0.5) is 0 Å². The molecule has 3 saturated heterocycles. The molecular weight excluding hydrogens is 210 g/mol. The van der Waals surface area contributed by atoms with Crippen molar-refractivity contribution in [1.82, 2.24) is 15.1 Å². The lowest BCUT2D eigenvalue weighted by atomic mass is 9.88. The number of nitrogens with one attached hydrogen (secondary N) is 1. The van der Waals surface area contributed by atoms with Gasteiger partial charge in [-0.15, -0.1) is 0 Å². The van der Waals surface area contributed by atoms with Crippen molar-refractivity contribution in [2.75, 3.05) is 33.2 Å². The molecule has 3 atom stereocenters. The fourth-order valence-electron chi connectivity index (χ4n) is 3.97. The summed E-state index contributed by atoms with van der Waals surface area (Å²) in [7, 11) is 2.26. The van der Waals surface area contributed by atoms with Crippen LogP contribution < -0.4 is 5.32 Å². The van der Waals surface area contributed by atoms with Crippen LogP contribution in [0.15, 0.2) is 0 Å². The van der Waals surface area contributed by atoms with E-state index < -0.39 is 0 Å². The normalized spacial score (nSPS) is 42.2. The quantitative estimate of drug-likeness (QED) is 0.777. The average Bonchev–Trinajstić information content (AvgIpc) is 2.85. The lowest BCUT2D eigenvalue weighted by molar-refractivity contribution is 0.0301. The fourth-order valence-corrected chi connectivity index (χ4v) is 3.97. The first kappa shape index (κ1) is 11.9. The summed E-state index contributed by atoms with van der Waals surface area (Å²) in [4.78, 5) is 5.20. The van der Waals surface area contributed by atoms with E-state index in [9.17, 15) is 0 Å². The summed E-state index contributed by atoms with van der Waals surface area (Å²) in [5, 5.41) is 3.76. The van der Waals surface area contributed by atoms with Crippen molar-refractivity contribution in [3.8, 4) is 0 Å². The molecule has 3 heteroatoms. The molecule has 3 aliphatic rings. The molecule has 0 aromatic carbocycles. The molecule has 98 valence electrons. The third-order valence-corrected chi connectivity index (χ3v) is 5.32. The maximum Gasteiger partial charge on any atom is 0.0277 e. The number of rotatable bonds is 2. The van der Waals surface area contributed by atoms with Gasteiger partial charge in [-0.05, 0) is 46.1 Å². The Morgan fingerprint density at radius 3 is 2.65 bits per heavy atom. The Morgan fingerprint density at radius 2 is 2.06 bits per heavy atom. The van der Waals surface area contributed by atoms with E-state index in [2.05, 4.69) is 36.0 Å². The second kappa shape index (κ2) is 4.22. The van der Waals surface area contributed by atoms with Crippen molar-refractivity contribution in [2.45, 2.75) is 50.7 Å². The van der Waals surface area contributed by atoms with Crippen molar-refractivity contribution >= 4 is 0 Å². The van der Waals surface area contributed by atoms with Gasteiger partial charge in [-0.2, -0.15) is 0 Å². The van der Waals surface area contributed by atoms with Crippen LogP contribution in [0, 0.1) is 5.92 Å². The first-order valence-corrected chi connectivity index (χ1v) is 7.24. The van der Waals surface area contributed by atoms with Crippen molar-refractivity contribution < 1.29 is 0 Å². The summed E-state index contributed by atoms with van der Waals surface area (Å²) >= 11 is 0. The summed E-state index contributed by atoms with van der Waals surface area (Å²) in [6.07, 6.45) is 4.28. The standard InChI is InChI=1S/C14H27N3/c1-14(2)10-17(7-6-16(14)3)9-11-8-12-4-5-13(11)15-12/h11-13,15H,4-10H2,1-3H3. The third kappa shape index (κ3) is 2.25. The molecule has 0 radical (unpaired) electrons. The molecular formula is C14H27N3. The summed E-state index contributed by atoms with van der Waals surface area (Å²) in [5.74, 6) is 0.924. The monoisotopic (exact) mass is 237 g/mol. The molecule has 17 heavy (non-hydrogen) atoms. The van der Waals surface area contributed by atoms with Crippen LogP contribution in [0.2, 0.25) is 0 Å². The Bertz CT molecular complexity index is 289. The Kier molecular flexibility index (Phi) is 2.96. The molecule has 3 heterocycles. The molecule has 0 aliphatic carbocycles. The minimum atomic E-state index is 0.350. The SMILES string of the molecule is CN1CCN(CC2CC3CCC2N3)CC1(C)C. The lowest BCUT2D eigenvalue weighted by Gasteiger charge is -2.46. The fraction of sp³-hybridized carbons (Fsp3) is 1.00. The highest BCUT2D eigenvalue weighted by Gasteiger charge is 2.40. The molecule has 0 amide bonds. The van der Waals surface area contributed by atoms with Gasteiger partial charge >= 0.3 is 0 Å². The Morgan fingerprint density at radius 1 is 1.24 bits per heavy atom. The van der Waals surface area contributed by atoms with E-state index in [4.69, 9.17) is 0 Å². The number of piperazine rings is 1. The molecule has 0 spiro atoms. The predicted octanol–water partition coefficient (Wildman–Crippen LogP) is 1.15. The molecule has 0 saturated carbocycles. The Balaban J connectivity index is 1.56. The van der Waals surface area contributed by atoms with Gasteiger partial charge in [0.25, 0.3) is 0 Å². The minimum Gasteiger partial charge on any atom is -0.311 e. The zero-order chi connectivity index (χ0) is 12.0. The molecule has 3 fully saturated rings. The second-order valence-corrected chi connectivity index (χ2v) is 7.01. The van der Waals surface area contributed by atoms with Crippen LogP contribution in [-0.2, 0) is 0 Å². The van der Waals surface area contributed by atoms with Crippen molar-refractivity contribution in [3.63, 3.8) is 0 Å². The molecule has 3 aliphatic heterocycles. The Labute approximate surface area is 106 Å². The third-order valence-electron chi connectivity index (χ3n) is 5.32. The number of nitrogens with zero attached hydrogens (tertiary/aromatic N) is 2. The molecule has 0 aromatic heterocycles. The molecule has 1 N–H and O–H groups in total.